The molecular weight excluding hydrogens is 357 g/mol. The molecule has 2 aromatic rings. The van der Waals surface area contributed by atoms with Crippen LogP contribution in [0, 0.1) is 0 Å². The summed E-state index contributed by atoms with van der Waals surface area (Å²) in [7, 11) is -3.57. The number of carbonyl (C=O) groups excluding carboxylic acids is 1. The summed E-state index contributed by atoms with van der Waals surface area (Å²) in [5.41, 5.74) is -0.119. The van der Waals surface area contributed by atoms with Crippen LogP contribution in [-0.4, -0.2) is 26.8 Å². The first-order valence-electron chi connectivity index (χ1n) is 7.06. The number of amides is 1. The van der Waals surface area contributed by atoms with E-state index in [1.807, 2.05) is 5.32 Å². The summed E-state index contributed by atoms with van der Waals surface area (Å²) < 4.78 is 64.4. The number of nitrogens with one attached hydrogen (secondary N) is 2. The summed E-state index contributed by atoms with van der Waals surface area (Å²) in [5.74, 6) is -0.969. The Morgan fingerprint density at radius 2 is 1.68 bits per heavy atom. The van der Waals surface area contributed by atoms with Crippen LogP contribution in [0.5, 0.6) is 0 Å². The van der Waals surface area contributed by atoms with Crippen LogP contribution in [-0.2, 0) is 10.0 Å². The molecule has 2 rings (SSSR count). The number of alkyl halides is 3. The Morgan fingerprint density at radius 3 is 2.24 bits per heavy atom. The average Bonchev–Trinajstić information content (AvgIpc) is 2.50. The van der Waals surface area contributed by atoms with Crippen molar-refractivity contribution >= 4 is 21.6 Å². The third kappa shape index (κ3) is 5.49. The van der Waals surface area contributed by atoms with E-state index >= 15 is 0 Å². The first kappa shape index (κ1) is 18.8. The van der Waals surface area contributed by atoms with E-state index in [4.69, 9.17) is 0 Å². The Bertz CT molecular complexity index is 852. The molecule has 9 heteroatoms. The zero-order valence-electron chi connectivity index (χ0n) is 13.0. The van der Waals surface area contributed by atoms with E-state index in [9.17, 15) is 26.4 Å². The van der Waals surface area contributed by atoms with E-state index in [0.29, 0.717) is 0 Å². The monoisotopic (exact) mass is 372 g/mol. The van der Waals surface area contributed by atoms with E-state index in [0.717, 1.165) is 12.3 Å². The fourth-order valence-electron chi connectivity index (χ4n) is 2.15. The van der Waals surface area contributed by atoms with Crippen molar-refractivity contribution in [3.05, 3.63) is 65.7 Å². The molecule has 0 spiro atoms. The third-order valence-electron chi connectivity index (χ3n) is 3.16. The molecule has 2 aromatic carbocycles. The van der Waals surface area contributed by atoms with Gasteiger partial charge in [-0.25, -0.2) is 8.42 Å². The fourth-order valence-corrected chi connectivity index (χ4v) is 2.71. The fraction of sp³-hybridized carbons (Fsp3) is 0.188. The average molecular weight is 372 g/mol. The van der Waals surface area contributed by atoms with Gasteiger partial charge in [0.15, 0.2) is 6.04 Å². The Morgan fingerprint density at radius 1 is 1.04 bits per heavy atom. The molecule has 0 aliphatic heterocycles. The summed E-state index contributed by atoms with van der Waals surface area (Å²) >= 11 is 0. The SMILES string of the molecule is CS(=O)(=O)Nc1cccc(C(=O)NC(c2ccccc2)C(F)(F)F)c1. The smallest absolute Gasteiger partial charge is 0.337 e. The standard InChI is InChI=1S/C16H15F3N2O3S/c1-25(23,24)21-13-9-5-8-12(10-13)15(22)20-14(16(17,18)19)11-6-3-2-4-7-11/h2-10,14,21H,1H3,(H,20,22). The number of hydrogen-bond donors (Lipinski definition) is 2. The lowest BCUT2D eigenvalue weighted by molar-refractivity contribution is -0.155. The van der Waals surface area contributed by atoms with Crippen LogP contribution in [0.4, 0.5) is 18.9 Å². The van der Waals surface area contributed by atoms with Gasteiger partial charge in [-0.15, -0.1) is 0 Å². The quantitative estimate of drug-likeness (QED) is 0.847. The maximum absolute atomic E-state index is 13.3. The second kappa shape index (κ2) is 7.14. The van der Waals surface area contributed by atoms with Crippen molar-refractivity contribution < 1.29 is 26.4 Å². The van der Waals surface area contributed by atoms with Gasteiger partial charge < -0.3 is 5.32 Å². The van der Waals surface area contributed by atoms with Gasteiger partial charge in [0.1, 0.15) is 0 Å². The first-order valence-corrected chi connectivity index (χ1v) is 8.96. The van der Waals surface area contributed by atoms with Crippen molar-refractivity contribution in [1.82, 2.24) is 5.32 Å². The summed E-state index contributed by atoms with van der Waals surface area (Å²) in [6.45, 7) is 0. The minimum absolute atomic E-state index is 0.0819. The number of carbonyl (C=O) groups is 1. The van der Waals surface area contributed by atoms with Crippen LogP contribution in [0.1, 0.15) is 22.0 Å². The van der Waals surface area contributed by atoms with Crippen LogP contribution >= 0.6 is 0 Å². The van der Waals surface area contributed by atoms with Crippen LogP contribution in [0.25, 0.3) is 0 Å². The molecule has 0 aliphatic carbocycles. The number of sulfonamides is 1. The molecule has 0 saturated carbocycles. The molecule has 0 fully saturated rings. The van der Waals surface area contributed by atoms with E-state index in [-0.39, 0.29) is 16.8 Å². The van der Waals surface area contributed by atoms with Gasteiger partial charge in [-0.2, -0.15) is 13.2 Å². The summed E-state index contributed by atoms with van der Waals surface area (Å²) in [4.78, 5) is 12.2. The van der Waals surface area contributed by atoms with Crippen LogP contribution in [0.3, 0.4) is 0 Å². The molecule has 0 bridgehead atoms. The highest BCUT2D eigenvalue weighted by Crippen LogP contribution is 2.32. The van der Waals surface area contributed by atoms with E-state index in [1.54, 1.807) is 6.07 Å². The molecule has 25 heavy (non-hydrogen) atoms. The molecule has 0 saturated heterocycles. The molecular formula is C16H15F3N2O3S. The van der Waals surface area contributed by atoms with Crippen molar-refractivity contribution in [1.29, 1.82) is 0 Å². The third-order valence-corrected chi connectivity index (χ3v) is 3.77. The number of anilines is 1. The molecule has 0 aliphatic rings. The van der Waals surface area contributed by atoms with Crippen molar-refractivity contribution in [2.75, 3.05) is 11.0 Å². The number of benzene rings is 2. The van der Waals surface area contributed by atoms with Gasteiger partial charge >= 0.3 is 6.18 Å². The highest BCUT2D eigenvalue weighted by atomic mass is 32.2. The number of halogens is 3. The van der Waals surface area contributed by atoms with E-state index in [1.165, 1.54) is 42.5 Å². The van der Waals surface area contributed by atoms with Crippen molar-refractivity contribution in [3.8, 4) is 0 Å². The molecule has 134 valence electrons. The zero-order valence-corrected chi connectivity index (χ0v) is 13.9. The van der Waals surface area contributed by atoms with Gasteiger partial charge in [0.2, 0.25) is 10.0 Å². The zero-order chi connectivity index (χ0) is 18.7. The largest absolute Gasteiger partial charge is 0.412 e. The van der Waals surface area contributed by atoms with Gasteiger partial charge in [-0.05, 0) is 23.8 Å². The molecule has 0 radical (unpaired) electrons. The molecule has 0 heterocycles. The predicted octanol–water partition coefficient (Wildman–Crippen LogP) is 3.09. The molecule has 2 N–H and O–H groups in total. The van der Waals surface area contributed by atoms with Crippen LogP contribution in [0.15, 0.2) is 54.6 Å². The minimum atomic E-state index is -4.68. The Hall–Kier alpha value is -2.55. The first-order chi connectivity index (χ1) is 11.6. The lowest BCUT2D eigenvalue weighted by atomic mass is 10.1. The second-order valence-electron chi connectivity index (χ2n) is 5.31. The summed E-state index contributed by atoms with van der Waals surface area (Å²) in [5, 5.41) is 1.94. The van der Waals surface area contributed by atoms with Crippen molar-refractivity contribution in [2.45, 2.75) is 12.2 Å². The minimum Gasteiger partial charge on any atom is -0.337 e. The molecule has 1 amide bonds. The lowest BCUT2D eigenvalue weighted by Gasteiger charge is -2.22. The predicted molar refractivity (Wildman–Crippen MR) is 87.6 cm³/mol. The number of rotatable bonds is 5. The van der Waals surface area contributed by atoms with Crippen molar-refractivity contribution in [3.63, 3.8) is 0 Å². The maximum Gasteiger partial charge on any atom is 0.412 e. The number of hydrogen-bond acceptors (Lipinski definition) is 3. The maximum atomic E-state index is 13.3. The Balaban J connectivity index is 2.26. The summed E-state index contributed by atoms with van der Waals surface area (Å²) in [6, 6.07) is 10.0. The highest BCUT2D eigenvalue weighted by molar-refractivity contribution is 7.92. The molecule has 5 nitrogen and oxygen atoms in total. The molecule has 1 unspecified atom stereocenters. The highest BCUT2D eigenvalue weighted by Gasteiger charge is 2.41. The molecule has 1 atom stereocenters. The Kier molecular flexibility index (Phi) is 5.36. The van der Waals surface area contributed by atoms with Gasteiger partial charge in [0, 0.05) is 11.3 Å². The molecule has 0 aromatic heterocycles. The summed E-state index contributed by atoms with van der Waals surface area (Å²) in [6.07, 6.45) is -3.76. The van der Waals surface area contributed by atoms with E-state index in [2.05, 4.69) is 4.72 Å². The van der Waals surface area contributed by atoms with Gasteiger partial charge in [-0.1, -0.05) is 36.4 Å². The lowest BCUT2D eigenvalue weighted by Crippen LogP contribution is -2.38. The normalized spacial score (nSPS) is 13.1. The van der Waals surface area contributed by atoms with E-state index < -0.39 is 28.1 Å². The van der Waals surface area contributed by atoms with Crippen LogP contribution in [0.2, 0.25) is 0 Å². The van der Waals surface area contributed by atoms with Crippen LogP contribution < -0.4 is 10.0 Å². The van der Waals surface area contributed by atoms with Gasteiger partial charge in [0.05, 0.1) is 6.26 Å². The van der Waals surface area contributed by atoms with Gasteiger partial charge in [-0.3, -0.25) is 9.52 Å². The van der Waals surface area contributed by atoms with Crippen molar-refractivity contribution in [2.24, 2.45) is 0 Å². The Labute approximate surface area is 142 Å². The second-order valence-corrected chi connectivity index (χ2v) is 7.06. The van der Waals surface area contributed by atoms with Gasteiger partial charge in [0.25, 0.3) is 5.91 Å². The topological polar surface area (TPSA) is 75.3 Å².